The Morgan fingerprint density at radius 3 is 2.68 bits per heavy atom. The summed E-state index contributed by atoms with van der Waals surface area (Å²) in [5.41, 5.74) is 0.845. The number of nitrogens with one attached hydrogen (secondary N) is 1. The van der Waals surface area contributed by atoms with E-state index in [9.17, 15) is 13.2 Å². The molecule has 0 atom stereocenters. The van der Waals surface area contributed by atoms with E-state index in [4.69, 9.17) is 0 Å². The first-order valence-corrected chi connectivity index (χ1v) is 7.97. The highest BCUT2D eigenvalue weighted by Crippen LogP contribution is 2.19. The number of rotatable bonds is 6. The lowest BCUT2D eigenvalue weighted by molar-refractivity contribution is -0.140. The van der Waals surface area contributed by atoms with Crippen molar-refractivity contribution in [3.05, 3.63) is 28.2 Å². The molecule has 1 N–H and O–H groups in total. The smallest absolute Gasteiger partial charge is 0.305 e. The molecule has 0 saturated heterocycles. The van der Waals surface area contributed by atoms with Crippen molar-refractivity contribution in [2.24, 2.45) is 0 Å². The number of halogens is 1. The third-order valence-corrected chi connectivity index (χ3v) is 4.87. The Morgan fingerprint density at radius 2 is 2.11 bits per heavy atom. The van der Waals surface area contributed by atoms with Gasteiger partial charge < -0.3 is 4.74 Å². The summed E-state index contributed by atoms with van der Waals surface area (Å²) < 4.78 is 31.7. The Labute approximate surface area is 121 Å². The lowest BCUT2D eigenvalue weighted by Gasteiger charge is -2.08. The van der Waals surface area contributed by atoms with E-state index < -0.39 is 10.0 Å². The third-order valence-electron chi connectivity index (χ3n) is 2.52. The van der Waals surface area contributed by atoms with Crippen LogP contribution in [0.4, 0.5) is 0 Å². The average Bonchev–Trinajstić information content (AvgIpc) is 2.37. The van der Waals surface area contributed by atoms with E-state index in [1.807, 2.05) is 6.92 Å². The van der Waals surface area contributed by atoms with E-state index >= 15 is 0 Å². The van der Waals surface area contributed by atoms with Crippen molar-refractivity contribution in [1.29, 1.82) is 0 Å². The molecule has 1 rings (SSSR count). The summed E-state index contributed by atoms with van der Waals surface area (Å²) in [5.74, 6) is -0.348. The molecule has 0 fully saturated rings. The Bertz CT molecular complexity index is 557. The van der Waals surface area contributed by atoms with Gasteiger partial charge in [-0.3, -0.25) is 4.79 Å². The van der Waals surface area contributed by atoms with Crippen LogP contribution in [0.1, 0.15) is 18.4 Å². The van der Waals surface area contributed by atoms with Crippen LogP contribution in [0, 0.1) is 6.92 Å². The molecule has 0 aromatic heterocycles. The fourth-order valence-corrected chi connectivity index (χ4v) is 2.81. The summed E-state index contributed by atoms with van der Waals surface area (Å²) in [6, 6.07) is 4.81. The molecule has 106 valence electrons. The Hall–Kier alpha value is -0.920. The van der Waals surface area contributed by atoms with Gasteiger partial charge in [0, 0.05) is 17.4 Å². The number of benzene rings is 1. The van der Waals surface area contributed by atoms with Crippen LogP contribution in [0.25, 0.3) is 0 Å². The number of aryl methyl sites for hydroxylation is 1. The second-order valence-electron chi connectivity index (χ2n) is 3.99. The number of sulfonamides is 1. The minimum atomic E-state index is -3.53. The molecule has 19 heavy (non-hydrogen) atoms. The van der Waals surface area contributed by atoms with E-state index in [2.05, 4.69) is 25.4 Å². The number of hydrogen-bond acceptors (Lipinski definition) is 4. The molecule has 0 bridgehead atoms. The maximum absolute atomic E-state index is 12.0. The molecule has 7 heteroatoms. The molecule has 0 unspecified atom stereocenters. The monoisotopic (exact) mass is 349 g/mol. The lowest BCUT2D eigenvalue weighted by atomic mass is 10.2. The molecule has 0 radical (unpaired) electrons. The van der Waals surface area contributed by atoms with Gasteiger partial charge in [0.05, 0.1) is 12.0 Å². The zero-order valence-corrected chi connectivity index (χ0v) is 13.2. The normalized spacial score (nSPS) is 11.3. The topological polar surface area (TPSA) is 72.5 Å². The number of ether oxygens (including phenoxy) is 1. The highest BCUT2D eigenvalue weighted by molar-refractivity contribution is 9.10. The quantitative estimate of drug-likeness (QED) is 0.629. The Kier molecular flexibility index (Phi) is 5.96. The second kappa shape index (κ2) is 7.02. The summed E-state index contributed by atoms with van der Waals surface area (Å²) in [6.45, 7) is 2.02. The zero-order chi connectivity index (χ0) is 14.5. The predicted octanol–water partition coefficient (Wildman–Crippen LogP) is 1.99. The molecule has 0 aliphatic heterocycles. The molecular weight excluding hydrogens is 334 g/mol. The first kappa shape index (κ1) is 16.1. The van der Waals surface area contributed by atoms with Crippen molar-refractivity contribution in [1.82, 2.24) is 4.72 Å². The maximum atomic E-state index is 12.0. The minimum Gasteiger partial charge on any atom is -0.469 e. The standard InChI is InChI=1S/C12H16BrNO4S/c1-9-8-10(5-6-11(9)13)19(16,17)14-7-3-4-12(15)18-2/h5-6,8,14H,3-4,7H2,1-2H3. The van der Waals surface area contributed by atoms with Crippen molar-refractivity contribution in [2.75, 3.05) is 13.7 Å². The van der Waals surface area contributed by atoms with Gasteiger partial charge in [-0.2, -0.15) is 0 Å². The number of carbonyl (C=O) groups is 1. The number of carbonyl (C=O) groups excluding carboxylic acids is 1. The Morgan fingerprint density at radius 1 is 1.42 bits per heavy atom. The van der Waals surface area contributed by atoms with E-state index in [-0.39, 0.29) is 23.8 Å². The molecule has 0 amide bonds. The minimum absolute atomic E-state index is 0.193. The van der Waals surface area contributed by atoms with E-state index in [0.29, 0.717) is 6.42 Å². The lowest BCUT2D eigenvalue weighted by Crippen LogP contribution is -2.25. The van der Waals surface area contributed by atoms with Gasteiger partial charge in [0.2, 0.25) is 10.0 Å². The first-order chi connectivity index (χ1) is 8.86. The van der Waals surface area contributed by atoms with Gasteiger partial charge >= 0.3 is 5.97 Å². The summed E-state index contributed by atoms with van der Waals surface area (Å²) in [4.78, 5) is 11.1. The predicted molar refractivity (Wildman–Crippen MR) is 75.3 cm³/mol. The number of hydrogen-bond donors (Lipinski definition) is 1. The summed E-state index contributed by atoms with van der Waals surface area (Å²) in [7, 11) is -2.22. The average molecular weight is 350 g/mol. The van der Waals surface area contributed by atoms with Gasteiger partial charge in [-0.25, -0.2) is 13.1 Å². The van der Waals surface area contributed by atoms with Gasteiger partial charge in [0.1, 0.15) is 0 Å². The SMILES string of the molecule is COC(=O)CCCNS(=O)(=O)c1ccc(Br)c(C)c1. The highest BCUT2D eigenvalue weighted by atomic mass is 79.9. The van der Waals surface area contributed by atoms with Crippen LogP contribution in [-0.4, -0.2) is 28.0 Å². The van der Waals surface area contributed by atoms with Crippen LogP contribution < -0.4 is 4.72 Å². The molecule has 0 aliphatic rings. The number of methoxy groups -OCH3 is 1. The van der Waals surface area contributed by atoms with Crippen molar-refractivity contribution in [3.63, 3.8) is 0 Å². The van der Waals surface area contributed by atoms with Gasteiger partial charge in [-0.1, -0.05) is 15.9 Å². The van der Waals surface area contributed by atoms with Crippen LogP contribution in [-0.2, 0) is 19.6 Å². The van der Waals surface area contributed by atoms with Crippen LogP contribution in [0.15, 0.2) is 27.6 Å². The highest BCUT2D eigenvalue weighted by Gasteiger charge is 2.14. The molecule has 0 spiro atoms. The van der Waals surface area contributed by atoms with Crippen molar-refractivity contribution < 1.29 is 17.9 Å². The van der Waals surface area contributed by atoms with Gasteiger partial charge in [0.25, 0.3) is 0 Å². The molecular formula is C12H16BrNO4S. The molecule has 5 nitrogen and oxygen atoms in total. The van der Waals surface area contributed by atoms with Crippen molar-refractivity contribution in [2.45, 2.75) is 24.7 Å². The molecule has 0 heterocycles. The second-order valence-corrected chi connectivity index (χ2v) is 6.61. The largest absolute Gasteiger partial charge is 0.469 e. The van der Waals surface area contributed by atoms with Gasteiger partial charge in [0.15, 0.2) is 0 Å². The van der Waals surface area contributed by atoms with Gasteiger partial charge in [-0.15, -0.1) is 0 Å². The maximum Gasteiger partial charge on any atom is 0.305 e. The van der Waals surface area contributed by atoms with E-state index in [1.165, 1.54) is 13.2 Å². The fourth-order valence-electron chi connectivity index (χ4n) is 1.41. The molecule has 0 saturated carbocycles. The van der Waals surface area contributed by atoms with Crippen LogP contribution in [0.5, 0.6) is 0 Å². The molecule has 1 aromatic carbocycles. The van der Waals surface area contributed by atoms with Crippen molar-refractivity contribution in [3.8, 4) is 0 Å². The fraction of sp³-hybridized carbons (Fsp3) is 0.417. The number of esters is 1. The van der Waals surface area contributed by atoms with E-state index in [1.54, 1.807) is 12.1 Å². The summed E-state index contributed by atoms with van der Waals surface area (Å²) >= 11 is 3.32. The van der Waals surface area contributed by atoms with Crippen LogP contribution in [0.2, 0.25) is 0 Å². The first-order valence-electron chi connectivity index (χ1n) is 5.69. The van der Waals surface area contributed by atoms with Gasteiger partial charge in [-0.05, 0) is 37.1 Å². The molecule has 0 aliphatic carbocycles. The van der Waals surface area contributed by atoms with Crippen LogP contribution in [0.3, 0.4) is 0 Å². The third kappa shape index (κ3) is 4.93. The van der Waals surface area contributed by atoms with Crippen LogP contribution >= 0.6 is 15.9 Å². The summed E-state index contributed by atoms with van der Waals surface area (Å²) in [5, 5.41) is 0. The molecule has 1 aromatic rings. The zero-order valence-electron chi connectivity index (χ0n) is 10.8. The van der Waals surface area contributed by atoms with E-state index in [0.717, 1.165) is 10.0 Å². The van der Waals surface area contributed by atoms with Crippen molar-refractivity contribution >= 4 is 31.9 Å². The Balaban J connectivity index is 2.61. The summed E-state index contributed by atoms with van der Waals surface area (Å²) in [6.07, 6.45) is 0.597.